The third kappa shape index (κ3) is 7.94. The van der Waals surface area contributed by atoms with E-state index in [4.69, 9.17) is 23.7 Å². The van der Waals surface area contributed by atoms with E-state index in [0.717, 1.165) is 36.8 Å². The number of methoxy groups -OCH3 is 4. The number of unbranched alkanes of at least 4 members (excludes halogenated alkanes) is 1. The number of hydrogen-bond donors (Lipinski definition) is 0. The van der Waals surface area contributed by atoms with Crippen LogP contribution in [0, 0.1) is 0 Å². The Labute approximate surface area is 239 Å². The molecule has 0 heterocycles. The van der Waals surface area contributed by atoms with E-state index in [1.54, 1.807) is 25.3 Å². The SMILES string of the molecule is COc1ccc(CCCC[C@@H](CCc2ccc(OC)c(OC)c2)OC(=O)[C@@](OC)(c2ccccc2)C(F)(F)F)cc1. The molecule has 0 aliphatic heterocycles. The first-order valence-electron chi connectivity index (χ1n) is 13.4. The Hall–Kier alpha value is -3.72. The van der Waals surface area contributed by atoms with Crippen molar-refractivity contribution < 1.29 is 41.7 Å². The molecule has 0 fully saturated rings. The average Bonchev–Trinajstić information content (AvgIpc) is 2.98. The number of halogens is 3. The van der Waals surface area contributed by atoms with Gasteiger partial charge in [0.05, 0.1) is 21.3 Å². The number of carbonyl (C=O) groups excluding carboxylic acids is 1. The molecule has 9 heteroatoms. The summed E-state index contributed by atoms with van der Waals surface area (Å²) in [5.41, 5.74) is -1.58. The lowest BCUT2D eigenvalue weighted by Gasteiger charge is -2.34. The average molecular weight is 575 g/mol. The zero-order chi connectivity index (χ0) is 29.9. The summed E-state index contributed by atoms with van der Waals surface area (Å²) in [6.45, 7) is 0. The van der Waals surface area contributed by atoms with Crippen molar-refractivity contribution in [2.45, 2.75) is 56.4 Å². The minimum absolute atomic E-state index is 0.316. The monoisotopic (exact) mass is 574 g/mol. The Morgan fingerprint density at radius 2 is 1.39 bits per heavy atom. The van der Waals surface area contributed by atoms with E-state index in [9.17, 15) is 18.0 Å². The molecule has 0 aliphatic carbocycles. The Bertz CT molecular complexity index is 1230. The number of rotatable bonds is 15. The van der Waals surface area contributed by atoms with E-state index in [2.05, 4.69) is 0 Å². The normalized spacial score (nSPS) is 13.6. The molecule has 3 aromatic carbocycles. The minimum Gasteiger partial charge on any atom is -0.497 e. The zero-order valence-electron chi connectivity index (χ0n) is 23.8. The summed E-state index contributed by atoms with van der Waals surface area (Å²) >= 11 is 0. The molecule has 0 aliphatic rings. The first kappa shape index (κ1) is 31.8. The van der Waals surface area contributed by atoms with Gasteiger partial charge in [0.2, 0.25) is 0 Å². The Kier molecular flexibility index (Phi) is 11.5. The molecular formula is C32H37F3O6. The van der Waals surface area contributed by atoms with Crippen LogP contribution in [-0.4, -0.2) is 46.7 Å². The molecule has 6 nitrogen and oxygen atoms in total. The van der Waals surface area contributed by atoms with Gasteiger partial charge >= 0.3 is 12.1 Å². The van der Waals surface area contributed by atoms with Crippen molar-refractivity contribution in [1.82, 2.24) is 0 Å². The number of benzene rings is 3. The number of esters is 1. The fourth-order valence-electron chi connectivity index (χ4n) is 4.74. The molecule has 3 rings (SSSR count). The molecule has 0 N–H and O–H groups in total. The van der Waals surface area contributed by atoms with Crippen LogP contribution in [0.1, 0.15) is 42.4 Å². The molecule has 2 atom stereocenters. The lowest BCUT2D eigenvalue weighted by atomic mass is 9.92. The van der Waals surface area contributed by atoms with Crippen LogP contribution in [0.15, 0.2) is 72.8 Å². The maximum absolute atomic E-state index is 14.5. The van der Waals surface area contributed by atoms with E-state index in [1.807, 2.05) is 30.3 Å². The van der Waals surface area contributed by atoms with Crippen LogP contribution in [0.2, 0.25) is 0 Å². The fraction of sp³-hybridized carbons (Fsp3) is 0.406. The summed E-state index contributed by atoms with van der Waals surface area (Å²) in [5.74, 6) is 0.389. The van der Waals surface area contributed by atoms with Gasteiger partial charge in [0.1, 0.15) is 11.9 Å². The van der Waals surface area contributed by atoms with Crippen molar-refractivity contribution in [3.05, 3.63) is 89.5 Å². The minimum atomic E-state index is -5.04. The standard InChI is InChI=1S/C32H37F3O6/c1-37-26-18-14-23(15-19-26)10-8-9-13-27(20-16-24-17-21-28(38-2)29(22-24)39-3)41-30(36)31(40-4,32(33,34)35)25-11-6-5-7-12-25/h5-7,11-12,14-15,17-19,21-22,27H,8-10,13,16,20H2,1-4H3/t27-,31-/m0/s1. The van der Waals surface area contributed by atoms with Crippen molar-refractivity contribution in [2.24, 2.45) is 0 Å². The maximum atomic E-state index is 14.5. The van der Waals surface area contributed by atoms with Gasteiger partial charge in [-0.2, -0.15) is 13.2 Å². The predicted molar refractivity (Wildman–Crippen MR) is 149 cm³/mol. The van der Waals surface area contributed by atoms with Gasteiger partial charge in [0.25, 0.3) is 5.60 Å². The van der Waals surface area contributed by atoms with Crippen LogP contribution < -0.4 is 14.2 Å². The van der Waals surface area contributed by atoms with E-state index >= 15 is 0 Å². The summed E-state index contributed by atoms with van der Waals surface area (Å²) in [6, 6.07) is 20.0. The van der Waals surface area contributed by atoms with Gasteiger partial charge in [-0.15, -0.1) is 0 Å². The Morgan fingerprint density at radius 3 is 1.98 bits per heavy atom. The number of aryl methyl sites for hydroxylation is 2. The highest BCUT2D eigenvalue weighted by Gasteiger charge is 2.64. The van der Waals surface area contributed by atoms with Crippen molar-refractivity contribution in [3.8, 4) is 17.2 Å². The second-order valence-corrected chi connectivity index (χ2v) is 9.60. The van der Waals surface area contributed by atoms with Crippen molar-refractivity contribution in [3.63, 3.8) is 0 Å². The van der Waals surface area contributed by atoms with Crippen LogP contribution in [0.5, 0.6) is 17.2 Å². The molecule has 0 saturated carbocycles. The molecule has 0 unspecified atom stereocenters. The van der Waals surface area contributed by atoms with Gasteiger partial charge in [-0.1, -0.05) is 48.5 Å². The molecule has 0 spiro atoms. The van der Waals surface area contributed by atoms with Crippen molar-refractivity contribution >= 4 is 5.97 Å². The first-order valence-corrected chi connectivity index (χ1v) is 13.4. The summed E-state index contributed by atoms with van der Waals surface area (Å²) < 4.78 is 69.8. The highest BCUT2D eigenvalue weighted by Crippen LogP contribution is 2.43. The smallest absolute Gasteiger partial charge is 0.432 e. The Morgan fingerprint density at radius 1 is 0.732 bits per heavy atom. The number of hydrogen-bond acceptors (Lipinski definition) is 6. The number of ether oxygens (including phenoxy) is 5. The largest absolute Gasteiger partial charge is 0.497 e. The van der Waals surface area contributed by atoms with Crippen LogP contribution >= 0.6 is 0 Å². The molecule has 41 heavy (non-hydrogen) atoms. The van der Waals surface area contributed by atoms with Crippen molar-refractivity contribution in [1.29, 1.82) is 0 Å². The van der Waals surface area contributed by atoms with E-state index in [-0.39, 0.29) is 5.56 Å². The van der Waals surface area contributed by atoms with E-state index in [1.165, 1.54) is 38.5 Å². The van der Waals surface area contributed by atoms with Crippen LogP contribution in [0.4, 0.5) is 13.2 Å². The first-order chi connectivity index (χ1) is 19.7. The molecule has 222 valence electrons. The molecule has 0 amide bonds. The fourth-order valence-corrected chi connectivity index (χ4v) is 4.74. The molecule has 0 saturated heterocycles. The summed E-state index contributed by atoms with van der Waals surface area (Å²) in [5, 5.41) is 0. The molecular weight excluding hydrogens is 537 g/mol. The molecule has 0 aromatic heterocycles. The third-order valence-corrected chi connectivity index (χ3v) is 7.05. The lowest BCUT2D eigenvalue weighted by Crippen LogP contribution is -2.52. The van der Waals surface area contributed by atoms with Gasteiger partial charge in [-0.05, 0) is 73.9 Å². The second kappa shape index (κ2) is 14.8. The zero-order valence-corrected chi connectivity index (χ0v) is 23.8. The topological polar surface area (TPSA) is 63.2 Å². The number of carbonyl (C=O) groups is 1. The summed E-state index contributed by atoms with van der Waals surface area (Å²) in [6.07, 6.45) is -2.47. The highest BCUT2D eigenvalue weighted by atomic mass is 19.4. The van der Waals surface area contributed by atoms with Crippen LogP contribution in [0.3, 0.4) is 0 Å². The number of alkyl halides is 3. The van der Waals surface area contributed by atoms with Gasteiger partial charge in [0.15, 0.2) is 11.5 Å². The quantitative estimate of drug-likeness (QED) is 0.143. The summed E-state index contributed by atoms with van der Waals surface area (Å²) in [7, 11) is 5.54. The molecule has 3 aromatic rings. The lowest BCUT2D eigenvalue weighted by molar-refractivity contribution is -0.278. The van der Waals surface area contributed by atoms with E-state index < -0.39 is 23.9 Å². The van der Waals surface area contributed by atoms with Crippen molar-refractivity contribution in [2.75, 3.05) is 28.4 Å². The van der Waals surface area contributed by atoms with Gasteiger partial charge in [-0.25, -0.2) is 4.79 Å². The third-order valence-electron chi connectivity index (χ3n) is 7.05. The van der Waals surface area contributed by atoms with E-state index in [0.29, 0.717) is 37.2 Å². The second-order valence-electron chi connectivity index (χ2n) is 9.60. The highest BCUT2D eigenvalue weighted by molar-refractivity contribution is 5.82. The van der Waals surface area contributed by atoms with Crippen LogP contribution in [-0.2, 0) is 32.7 Å². The van der Waals surface area contributed by atoms with Gasteiger partial charge in [-0.3, -0.25) is 0 Å². The van der Waals surface area contributed by atoms with Gasteiger partial charge < -0.3 is 23.7 Å². The summed E-state index contributed by atoms with van der Waals surface area (Å²) in [4.78, 5) is 13.3. The Balaban J connectivity index is 1.78. The molecule has 0 radical (unpaired) electrons. The van der Waals surface area contributed by atoms with Gasteiger partial charge in [0, 0.05) is 12.7 Å². The molecule has 0 bridgehead atoms. The van der Waals surface area contributed by atoms with Crippen LogP contribution in [0.25, 0.3) is 0 Å². The maximum Gasteiger partial charge on any atom is 0.432 e. The predicted octanol–water partition coefficient (Wildman–Crippen LogP) is 7.07.